The van der Waals surface area contributed by atoms with Crippen LogP contribution in [0, 0.1) is 5.92 Å². The molecule has 0 radical (unpaired) electrons. The van der Waals surface area contributed by atoms with Crippen LogP contribution in [-0.4, -0.2) is 61.4 Å². The molecule has 1 aromatic carbocycles. The number of rotatable bonds is 7. The van der Waals surface area contributed by atoms with Crippen LogP contribution in [0.5, 0.6) is 0 Å². The smallest absolute Gasteiger partial charge is 0.243 e. The maximum absolute atomic E-state index is 12.8. The van der Waals surface area contributed by atoms with Crippen molar-refractivity contribution in [1.82, 2.24) is 14.9 Å². The number of halogens is 1. The van der Waals surface area contributed by atoms with Crippen LogP contribution < -0.4 is 10.6 Å². The van der Waals surface area contributed by atoms with Gasteiger partial charge in [-0.25, -0.2) is 8.42 Å². The van der Waals surface area contributed by atoms with Crippen LogP contribution in [0.4, 0.5) is 0 Å². The highest BCUT2D eigenvalue weighted by atomic mass is 35.5. The fourth-order valence-corrected chi connectivity index (χ4v) is 4.55. The second-order valence-corrected chi connectivity index (χ2v) is 9.84. The van der Waals surface area contributed by atoms with Crippen molar-refractivity contribution < 1.29 is 23.1 Å². The lowest BCUT2D eigenvalue weighted by Gasteiger charge is -2.31. The SMILES string of the molecule is CC(C)(CO)NC(=O)CNC(=O)[C@@H]1CCCN(S(=O)(=O)c2ccc(Cl)cc2)C1. The molecule has 0 aromatic heterocycles. The normalized spacial score (nSPS) is 18.5. The molecule has 8 nitrogen and oxygen atoms in total. The van der Waals surface area contributed by atoms with Gasteiger partial charge >= 0.3 is 0 Å². The summed E-state index contributed by atoms with van der Waals surface area (Å²) in [7, 11) is -3.72. The molecular formula is C18H26ClN3O5S. The molecule has 10 heteroatoms. The molecular weight excluding hydrogens is 406 g/mol. The summed E-state index contributed by atoms with van der Waals surface area (Å²) >= 11 is 5.81. The Kier molecular flexibility index (Phi) is 7.44. The number of carbonyl (C=O) groups excluding carboxylic acids is 2. The number of benzene rings is 1. The number of aliphatic hydroxyl groups is 1. The summed E-state index contributed by atoms with van der Waals surface area (Å²) in [5.41, 5.74) is -0.782. The Morgan fingerprint density at radius 1 is 1.29 bits per heavy atom. The standard InChI is InChI=1S/C18H26ClN3O5S/c1-18(2,12-23)21-16(24)10-20-17(25)13-4-3-9-22(11-13)28(26,27)15-7-5-14(19)6-8-15/h5-8,13,23H,3-4,9-12H2,1-2H3,(H,20,25)(H,21,24)/t13-/m1/s1. The largest absolute Gasteiger partial charge is 0.394 e. The maximum Gasteiger partial charge on any atom is 0.243 e. The van der Waals surface area contributed by atoms with Crippen LogP contribution in [0.2, 0.25) is 5.02 Å². The van der Waals surface area contributed by atoms with Gasteiger partial charge in [-0.2, -0.15) is 4.31 Å². The first-order valence-corrected chi connectivity index (χ1v) is 10.8. The number of piperidine rings is 1. The Hall–Kier alpha value is -1.68. The van der Waals surface area contributed by atoms with E-state index in [2.05, 4.69) is 10.6 Å². The van der Waals surface area contributed by atoms with Gasteiger partial charge in [-0.15, -0.1) is 0 Å². The van der Waals surface area contributed by atoms with Crippen molar-refractivity contribution in [2.75, 3.05) is 26.2 Å². The van der Waals surface area contributed by atoms with E-state index < -0.39 is 27.4 Å². The average Bonchev–Trinajstić information content (AvgIpc) is 2.66. The molecule has 2 amide bonds. The van der Waals surface area contributed by atoms with Gasteiger partial charge in [-0.05, 0) is 51.0 Å². The number of hydrogen-bond acceptors (Lipinski definition) is 5. The Morgan fingerprint density at radius 2 is 1.93 bits per heavy atom. The molecule has 1 aliphatic rings. The number of amides is 2. The second-order valence-electron chi connectivity index (χ2n) is 7.46. The third-order valence-corrected chi connectivity index (χ3v) is 6.63. The zero-order valence-electron chi connectivity index (χ0n) is 15.9. The van der Waals surface area contributed by atoms with Gasteiger partial charge in [0.25, 0.3) is 0 Å². The van der Waals surface area contributed by atoms with Crippen LogP contribution >= 0.6 is 11.6 Å². The van der Waals surface area contributed by atoms with Gasteiger partial charge in [0.15, 0.2) is 0 Å². The molecule has 156 valence electrons. The molecule has 1 fully saturated rings. The van der Waals surface area contributed by atoms with Crippen molar-refractivity contribution in [3.8, 4) is 0 Å². The molecule has 1 heterocycles. The first-order chi connectivity index (χ1) is 13.0. The minimum absolute atomic E-state index is 0.0561. The minimum atomic E-state index is -3.72. The van der Waals surface area contributed by atoms with Crippen LogP contribution in [0.1, 0.15) is 26.7 Å². The van der Waals surface area contributed by atoms with E-state index in [1.54, 1.807) is 13.8 Å². The Balaban J connectivity index is 1.96. The van der Waals surface area contributed by atoms with E-state index in [0.717, 1.165) is 0 Å². The molecule has 0 spiro atoms. The zero-order valence-corrected chi connectivity index (χ0v) is 17.5. The Bertz CT molecular complexity index is 811. The quantitative estimate of drug-likeness (QED) is 0.589. The first-order valence-electron chi connectivity index (χ1n) is 9.00. The predicted octanol–water partition coefficient (Wildman–Crippen LogP) is 0.744. The van der Waals surface area contributed by atoms with E-state index in [9.17, 15) is 18.0 Å². The van der Waals surface area contributed by atoms with E-state index in [4.69, 9.17) is 16.7 Å². The monoisotopic (exact) mass is 431 g/mol. The van der Waals surface area contributed by atoms with Gasteiger partial charge < -0.3 is 15.7 Å². The predicted molar refractivity (Wildman–Crippen MR) is 105 cm³/mol. The fraction of sp³-hybridized carbons (Fsp3) is 0.556. The molecule has 0 saturated carbocycles. The molecule has 0 unspecified atom stereocenters. The number of carbonyl (C=O) groups is 2. The summed E-state index contributed by atoms with van der Waals surface area (Å²) in [6.07, 6.45) is 1.09. The number of hydrogen-bond donors (Lipinski definition) is 3. The molecule has 2 rings (SSSR count). The number of sulfonamides is 1. The van der Waals surface area contributed by atoms with Crippen molar-refractivity contribution in [3.05, 3.63) is 29.3 Å². The van der Waals surface area contributed by atoms with Crippen LogP contribution in [0.25, 0.3) is 0 Å². The summed E-state index contributed by atoms with van der Waals surface area (Å²) in [6, 6.07) is 5.90. The van der Waals surface area contributed by atoms with Crippen molar-refractivity contribution in [3.63, 3.8) is 0 Å². The number of nitrogens with one attached hydrogen (secondary N) is 2. The fourth-order valence-electron chi connectivity index (χ4n) is 2.90. The lowest BCUT2D eigenvalue weighted by molar-refractivity contribution is -0.130. The second kappa shape index (κ2) is 9.21. The molecule has 28 heavy (non-hydrogen) atoms. The van der Waals surface area contributed by atoms with E-state index in [-0.39, 0.29) is 30.5 Å². The topological polar surface area (TPSA) is 116 Å². The highest BCUT2D eigenvalue weighted by Crippen LogP contribution is 2.24. The minimum Gasteiger partial charge on any atom is -0.394 e. The third kappa shape index (κ3) is 5.91. The Morgan fingerprint density at radius 3 is 2.54 bits per heavy atom. The van der Waals surface area contributed by atoms with E-state index >= 15 is 0 Å². The summed E-state index contributed by atoms with van der Waals surface area (Å²) in [5.74, 6) is -1.32. The maximum atomic E-state index is 12.8. The van der Waals surface area contributed by atoms with Crippen molar-refractivity contribution >= 4 is 33.4 Å². The molecule has 0 aliphatic carbocycles. The lowest BCUT2D eigenvalue weighted by Crippen LogP contribution is -2.51. The van der Waals surface area contributed by atoms with Crippen LogP contribution in [0.3, 0.4) is 0 Å². The molecule has 1 aromatic rings. The van der Waals surface area contributed by atoms with Gasteiger partial charge in [0, 0.05) is 18.1 Å². The number of aliphatic hydroxyl groups excluding tert-OH is 1. The van der Waals surface area contributed by atoms with Gasteiger partial charge in [-0.1, -0.05) is 11.6 Å². The molecule has 1 aliphatic heterocycles. The third-order valence-electron chi connectivity index (χ3n) is 4.50. The van der Waals surface area contributed by atoms with Gasteiger partial charge in [0.1, 0.15) is 0 Å². The Labute approximate surface area is 170 Å². The van der Waals surface area contributed by atoms with E-state index in [1.807, 2.05) is 0 Å². The lowest BCUT2D eigenvalue weighted by atomic mass is 9.99. The van der Waals surface area contributed by atoms with Gasteiger partial charge in [0.05, 0.1) is 29.5 Å². The van der Waals surface area contributed by atoms with Gasteiger partial charge in [-0.3, -0.25) is 9.59 Å². The average molecular weight is 432 g/mol. The van der Waals surface area contributed by atoms with Crippen LogP contribution in [0.15, 0.2) is 29.2 Å². The van der Waals surface area contributed by atoms with E-state index in [1.165, 1.54) is 28.6 Å². The zero-order chi connectivity index (χ0) is 20.9. The molecule has 3 N–H and O–H groups in total. The molecule has 1 saturated heterocycles. The summed E-state index contributed by atoms with van der Waals surface area (Å²) in [4.78, 5) is 24.4. The highest BCUT2D eigenvalue weighted by Gasteiger charge is 2.33. The first kappa shape index (κ1) is 22.6. The highest BCUT2D eigenvalue weighted by molar-refractivity contribution is 7.89. The van der Waals surface area contributed by atoms with Crippen molar-refractivity contribution in [1.29, 1.82) is 0 Å². The number of nitrogens with zero attached hydrogens (tertiary/aromatic N) is 1. The van der Waals surface area contributed by atoms with Crippen molar-refractivity contribution in [2.45, 2.75) is 37.1 Å². The molecule has 1 atom stereocenters. The van der Waals surface area contributed by atoms with Crippen molar-refractivity contribution in [2.24, 2.45) is 5.92 Å². The summed E-state index contributed by atoms with van der Waals surface area (Å²) in [5, 5.41) is 14.8. The molecule has 0 bridgehead atoms. The summed E-state index contributed by atoms with van der Waals surface area (Å²) in [6.45, 7) is 3.25. The van der Waals surface area contributed by atoms with E-state index in [0.29, 0.717) is 24.4 Å². The van der Waals surface area contributed by atoms with Crippen LogP contribution in [-0.2, 0) is 19.6 Å². The summed E-state index contributed by atoms with van der Waals surface area (Å²) < 4.78 is 26.9. The van der Waals surface area contributed by atoms with Gasteiger partial charge in [0.2, 0.25) is 21.8 Å².